The first-order chi connectivity index (χ1) is 9.81. The van der Waals surface area contributed by atoms with Gasteiger partial charge in [-0.1, -0.05) is 13.0 Å². The molecule has 2 atom stereocenters. The molecule has 2 rings (SSSR count). The Morgan fingerprint density at radius 3 is 2.57 bits per heavy atom. The van der Waals surface area contributed by atoms with Crippen LogP contribution in [0.5, 0.6) is 0 Å². The van der Waals surface area contributed by atoms with E-state index < -0.39 is 0 Å². The van der Waals surface area contributed by atoms with Crippen molar-refractivity contribution in [3.63, 3.8) is 0 Å². The van der Waals surface area contributed by atoms with E-state index in [0.29, 0.717) is 5.92 Å². The number of aliphatic hydroxyl groups excluding tert-OH is 1. The minimum atomic E-state index is -0.239. The molecule has 1 saturated heterocycles. The summed E-state index contributed by atoms with van der Waals surface area (Å²) in [5, 5.41) is 10.1. The summed E-state index contributed by atoms with van der Waals surface area (Å²) >= 11 is 0. The molecule has 3 heteroatoms. The number of ketones is 1. The molecule has 3 nitrogen and oxygen atoms in total. The first-order valence-electron chi connectivity index (χ1n) is 7.82. The number of rotatable bonds is 3. The normalized spacial score (nSPS) is 23.3. The maximum absolute atomic E-state index is 11.9. The molecule has 1 N–H and O–H groups in total. The van der Waals surface area contributed by atoms with E-state index in [1.54, 1.807) is 6.92 Å². The van der Waals surface area contributed by atoms with E-state index in [1.807, 2.05) is 6.92 Å². The summed E-state index contributed by atoms with van der Waals surface area (Å²) in [5.74, 6) is 0.521. The third-order valence-electron chi connectivity index (χ3n) is 4.87. The van der Waals surface area contributed by atoms with Crippen molar-refractivity contribution in [2.24, 2.45) is 5.92 Å². The second-order valence-electron chi connectivity index (χ2n) is 6.61. The Hall–Kier alpha value is -1.19. The van der Waals surface area contributed by atoms with Crippen LogP contribution in [0.2, 0.25) is 0 Å². The molecule has 0 spiro atoms. The lowest BCUT2D eigenvalue weighted by Crippen LogP contribution is -2.42. The Bertz CT molecular complexity index is 551. The Labute approximate surface area is 128 Å². The lowest BCUT2D eigenvalue weighted by atomic mass is 9.90. The number of aliphatic hydroxyl groups is 1. The summed E-state index contributed by atoms with van der Waals surface area (Å²) < 4.78 is 0. The van der Waals surface area contributed by atoms with Crippen molar-refractivity contribution in [3.05, 3.63) is 33.9 Å². The average Bonchev–Trinajstić information content (AvgIpc) is 2.38. The Balaban J connectivity index is 2.28. The average molecular weight is 289 g/mol. The maximum atomic E-state index is 11.9. The molecule has 0 amide bonds. The lowest BCUT2D eigenvalue weighted by Gasteiger charge is -2.35. The number of carbonyl (C=O) groups is 1. The highest BCUT2D eigenvalue weighted by Gasteiger charge is 2.25. The Morgan fingerprint density at radius 1 is 1.33 bits per heavy atom. The zero-order chi connectivity index (χ0) is 15.7. The third-order valence-corrected chi connectivity index (χ3v) is 4.87. The monoisotopic (exact) mass is 289 g/mol. The summed E-state index contributed by atoms with van der Waals surface area (Å²) in [7, 11) is 0. The number of Topliss-reactive ketones (excluding diaryl/α,β-unsaturated/α-hetero) is 1. The molecule has 21 heavy (non-hydrogen) atoms. The number of carbonyl (C=O) groups excluding carboxylic acids is 1. The SMILES string of the molecule is CC(=O)c1c(C)cc(C)c(CN2CCC(C)C(O)C2)c1C. The minimum Gasteiger partial charge on any atom is -0.392 e. The number of likely N-dealkylation sites (tertiary alicyclic amines) is 1. The van der Waals surface area contributed by atoms with Gasteiger partial charge < -0.3 is 5.11 Å². The third kappa shape index (κ3) is 3.35. The number of β-amino-alcohol motifs (C(OH)–C–C–N with tert-alkyl or cyclic N) is 1. The second-order valence-corrected chi connectivity index (χ2v) is 6.61. The van der Waals surface area contributed by atoms with Crippen LogP contribution in [0.15, 0.2) is 6.07 Å². The smallest absolute Gasteiger partial charge is 0.160 e. The summed E-state index contributed by atoms with van der Waals surface area (Å²) in [6.45, 7) is 12.5. The van der Waals surface area contributed by atoms with E-state index in [0.717, 1.165) is 42.7 Å². The van der Waals surface area contributed by atoms with Crippen LogP contribution in [0, 0.1) is 26.7 Å². The molecule has 0 saturated carbocycles. The Kier molecular flexibility index (Phi) is 4.84. The fourth-order valence-corrected chi connectivity index (χ4v) is 3.49. The van der Waals surface area contributed by atoms with Gasteiger partial charge in [0.2, 0.25) is 0 Å². The number of hydrogen-bond donors (Lipinski definition) is 1. The van der Waals surface area contributed by atoms with Gasteiger partial charge in [-0.05, 0) is 68.8 Å². The summed E-state index contributed by atoms with van der Waals surface area (Å²) in [6, 6.07) is 2.11. The molecule has 0 aliphatic carbocycles. The van der Waals surface area contributed by atoms with Gasteiger partial charge in [-0.25, -0.2) is 0 Å². The maximum Gasteiger partial charge on any atom is 0.160 e. The van der Waals surface area contributed by atoms with Gasteiger partial charge in [0.05, 0.1) is 6.10 Å². The van der Waals surface area contributed by atoms with Crippen LogP contribution >= 0.6 is 0 Å². The molecule has 116 valence electrons. The molecule has 1 aromatic rings. The van der Waals surface area contributed by atoms with Crippen LogP contribution in [-0.4, -0.2) is 35.0 Å². The van der Waals surface area contributed by atoms with Crippen molar-refractivity contribution in [2.45, 2.75) is 53.7 Å². The van der Waals surface area contributed by atoms with Crippen molar-refractivity contribution < 1.29 is 9.90 Å². The number of nitrogens with zero attached hydrogens (tertiary/aromatic N) is 1. The molecule has 2 unspecified atom stereocenters. The van der Waals surface area contributed by atoms with Gasteiger partial charge >= 0.3 is 0 Å². The standard InChI is InChI=1S/C18H27NO2/c1-11-6-7-19(10-17(11)21)9-16-12(2)8-13(3)18(14(16)4)15(5)20/h8,11,17,21H,6-7,9-10H2,1-5H3. The molecule has 1 aliphatic heterocycles. The van der Waals surface area contributed by atoms with Crippen LogP contribution in [0.25, 0.3) is 0 Å². The number of benzene rings is 1. The highest BCUT2D eigenvalue weighted by atomic mass is 16.3. The molecular weight excluding hydrogens is 262 g/mol. The van der Waals surface area contributed by atoms with Crippen LogP contribution in [0.3, 0.4) is 0 Å². The summed E-state index contributed by atoms with van der Waals surface area (Å²) in [5.41, 5.74) is 5.51. The number of aryl methyl sites for hydroxylation is 2. The zero-order valence-corrected chi connectivity index (χ0v) is 13.9. The van der Waals surface area contributed by atoms with Crippen LogP contribution in [0.1, 0.15) is 52.9 Å². The van der Waals surface area contributed by atoms with E-state index >= 15 is 0 Å². The molecule has 0 aromatic heterocycles. The van der Waals surface area contributed by atoms with Gasteiger partial charge in [-0.15, -0.1) is 0 Å². The van der Waals surface area contributed by atoms with E-state index in [9.17, 15) is 9.90 Å². The van der Waals surface area contributed by atoms with Gasteiger partial charge in [0.1, 0.15) is 0 Å². The fourth-order valence-electron chi connectivity index (χ4n) is 3.49. The Morgan fingerprint density at radius 2 is 2.00 bits per heavy atom. The van der Waals surface area contributed by atoms with Crippen LogP contribution < -0.4 is 0 Å². The van der Waals surface area contributed by atoms with E-state index in [-0.39, 0.29) is 11.9 Å². The van der Waals surface area contributed by atoms with Gasteiger partial charge in [-0.3, -0.25) is 9.69 Å². The highest BCUT2D eigenvalue weighted by Crippen LogP contribution is 2.26. The molecular formula is C18H27NO2. The summed E-state index contributed by atoms with van der Waals surface area (Å²) in [6.07, 6.45) is 0.794. The number of piperidine rings is 1. The van der Waals surface area contributed by atoms with Gasteiger partial charge in [0.15, 0.2) is 5.78 Å². The first-order valence-corrected chi connectivity index (χ1v) is 7.82. The topological polar surface area (TPSA) is 40.5 Å². The zero-order valence-electron chi connectivity index (χ0n) is 13.9. The van der Waals surface area contributed by atoms with Crippen LogP contribution in [-0.2, 0) is 6.54 Å². The molecule has 0 radical (unpaired) electrons. The van der Waals surface area contributed by atoms with Crippen molar-refractivity contribution in [1.29, 1.82) is 0 Å². The van der Waals surface area contributed by atoms with Crippen molar-refractivity contribution in [3.8, 4) is 0 Å². The van der Waals surface area contributed by atoms with Crippen molar-refractivity contribution in [1.82, 2.24) is 4.90 Å². The van der Waals surface area contributed by atoms with E-state index in [1.165, 1.54) is 11.1 Å². The minimum absolute atomic E-state index is 0.138. The van der Waals surface area contributed by atoms with E-state index in [4.69, 9.17) is 0 Å². The van der Waals surface area contributed by atoms with Gasteiger partial charge in [0, 0.05) is 18.7 Å². The lowest BCUT2D eigenvalue weighted by molar-refractivity contribution is 0.0257. The molecule has 1 heterocycles. The quantitative estimate of drug-likeness (QED) is 0.870. The van der Waals surface area contributed by atoms with E-state index in [2.05, 4.69) is 31.7 Å². The molecule has 0 bridgehead atoms. The molecule has 1 aliphatic rings. The van der Waals surface area contributed by atoms with Crippen molar-refractivity contribution >= 4 is 5.78 Å². The van der Waals surface area contributed by atoms with Gasteiger partial charge in [-0.2, -0.15) is 0 Å². The largest absolute Gasteiger partial charge is 0.392 e. The first kappa shape index (κ1) is 16.2. The molecule has 1 fully saturated rings. The second kappa shape index (κ2) is 6.29. The fraction of sp³-hybridized carbons (Fsp3) is 0.611. The predicted octanol–water partition coefficient (Wildman–Crippen LogP) is 3.02. The molecule has 1 aromatic carbocycles. The van der Waals surface area contributed by atoms with Crippen molar-refractivity contribution in [2.75, 3.05) is 13.1 Å². The summed E-state index contributed by atoms with van der Waals surface area (Å²) in [4.78, 5) is 14.2. The highest BCUT2D eigenvalue weighted by molar-refractivity contribution is 5.97. The number of hydrogen-bond acceptors (Lipinski definition) is 3. The predicted molar refractivity (Wildman–Crippen MR) is 85.7 cm³/mol. The van der Waals surface area contributed by atoms with Crippen LogP contribution in [0.4, 0.5) is 0 Å². The van der Waals surface area contributed by atoms with Gasteiger partial charge in [0.25, 0.3) is 0 Å².